The molecule has 11 saturated carbocycles. The fourth-order valence-corrected chi connectivity index (χ4v) is 14.7. The van der Waals surface area contributed by atoms with Crippen LogP contribution in [0.3, 0.4) is 0 Å². The molecule has 12 atom stereocenters. The monoisotopic (exact) mass is 647 g/mol. The summed E-state index contributed by atoms with van der Waals surface area (Å²) >= 11 is 0. The molecule has 0 aromatic heterocycles. The van der Waals surface area contributed by atoms with Crippen LogP contribution in [0.1, 0.15) is 225 Å². The van der Waals surface area contributed by atoms with E-state index in [1.54, 1.807) is 154 Å². The van der Waals surface area contributed by atoms with Gasteiger partial charge in [-0.05, 0) is 96.7 Å². The van der Waals surface area contributed by atoms with Crippen molar-refractivity contribution in [2.75, 3.05) is 0 Å². The lowest BCUT2D eigenvalue weighted by Gasteiger charge is -2.34. The van der Waals surface area contributed by atoms with Gasteiger partial charge in [-0.25, -0.2) is 0 Å². The summed E-state index contributed by atoms with van der Waals surface area (Å²) in [5.74, 6) is 14.0. The Morgan fingerprint density at radius 1 is 0.128 bits per heavy atom. The van der Waals surface area contributed by atoms with Gasteiger partial charge in [-0.2, -0.15) is 0 Å². The van der Waals surface area contributed by atoms with Gasteiger partial charge >= 0.3 is 0 Å². The van der Waals surface area contributed by atoms with Crippen LogP contribution in [0.5, 0.6) is 0 Å². The first-order valence-corrected chi connectivity index (χ1v) is 23.3. The van der Waals surface area contributed by atoms with Crippen molar-refractivity contribution < 1.29 is 0 Å². The molecule has 11 fully saturated rings. The largest absolute Gasteiger partial charge is 0.0533 e. The highest BCUT2D eigenvalue weighted by atomic mass is 14.5. The maximum Gasteiger partial charge on any atom is -0.0383 e. The van der Waals surface area contributed by atoms with Gasteiger partial charge < -0.3 is 0 Å². The average molecular weight is 647 g/mol. The third-order valence-corrected chi connectivity index (χ3v) is 17.4. The minimum Gasteiger partial charge on any atom is -0.0533 e. The van der Waals surface area contributed by atoms with Crippen LogP contribution >= 0.6 is 0 Å². The maximum absolute atomic E-state index is 1.62. The Hall–Kier alpha value is 0. The van der Waals surface area contributed by atoms with Gasteiger partial charge in [0.25, 0.3) is 0 Å². The predicted octanol–water partition coefficient (Wildman–Crippen LogP) is 15.1. The van der Waals surface area contributed by atoms with Crippen LogP contribution < -0.4 is 0 Å². The summed E-state index contributed by atoms with van der Waals surface area (Å²) in [7, 11) is 0. The van der Waals surface area contributed by atoms with E-state index in [-0.39, 0.29) is 0 Å². The lowest BCUT2D eigenvalue weighted by atomic mass is 9.71. The number of fused-ring (bicyclic) bond motifs is 6. The zero-order valence-electron chi connectivity index (χ0n) is 31.7. The van der Waals surface area contributed by atoms with E-state index in [0.29, 0.717) is 0 Å². The van der Waals surface area contributed by atoms with E-state index in [1.807, 2.05) is 0 Å². The summed E-state index contributed by atoms with van der Waals surface area (Å²) in [6.07, 6.45) is 54.5. The number of hydrogen-bond donors (Lipinski definition) is 0. The highest BCUT2D eigenvalue weighted by Crippen LogP contribution is 2.53. The highest BCUT2D eigenvalue weighted by molar-refractivity contribution is 4.93. The first-order valence-electron chi connectivity index (χ1n) is 23.3. The Bertz CT molecular complexity index is 700. The SMILES string of the molecule is C1CC2CC3CCCC3CC2C1.C1CC2CC3CCCC3CC2C1.C1CCC2CCCC2C1.C1CCC2CCCC2C1.C1CCCC1. The summed E-state index contributed by atoms with van der Waals surface area (Å²) in [6, 6.07) is 0. The smallest absolute Gasteiger partial charge is 0.0383 e. The van der Waals surface area contributed by atoms with Crippen molar-refractivity contribution in [2.45, 2.75) is 225 Å². The van der Waals surface area contributed by atoms with Gasteiger partial charge in [0.15, 0.2) is 0 Å². The van der Waals surface area contributed by atoms with Gasteiger partial charge in [0.1, 0.15) is 0 Å². The van der Waals surface area contributed by atoms with E-state index in [0.717, 1.165) is 0 Å². The van der Waals surface area contributed by atoms with Crippen molar-refractivity contribution >= 4 is 0 Å². The molecule has 0 amide bonds. The van der Waals surface area contributed by atoms with Crippen LogP contribution in [0.15, 0.2) is 0 Å². The second-order valence-electron chi connectivity index (χ2n) is 20.0. The molecule has 47 heavy (non-hydrogen) atoms. The molecule has 0 nitrogen and oxygen atoms in total. The Morgan fingerprint density at radius 3 is 0.468 bits per heavy atom. The Balaban J connectivity index is 0.0000000958. The second-order valence-corrected chi connectivity index (χ2v) is 20.0. The molecule has 0 heterocycles. The first-order chi connectivity index (χ1) is 23.3. The summed E-state index contributed by atoms with van der Waals surface area (Å²) < 4.78 is 0. The van der Waals surface area contributed by atoms with Gasteiger partial charge in [-0.3, -0.25) is 0 Å². The first kappa shape index (κ1) is 35.4. The number of rotatable bonds is 0. The van der Waals surface area contributed by atoms with Gasteiger partial charge in [0, 0.05) is 0 Å². The molecule has 0 aromatic carbocycles. The van der Waals surface area contributed by atoms with E-state index in [9.17, 15) is 0 Å². The second kappa shape index (κ2) is 18.5. The fraction of sp³-hybridized carbons (Fsp3) is 1.00. The molecule has 0 N–H and O–H groups in total. The van der Waals surface area contributed by atoms with Gasteiger partial charge in [-0.15, -0.1) is 0 Å². The zero-order valence-corrected chi connectivity index (χ0v) is 31.7. The van der Waals surface area contributed by atoms with E-state index in [2.05, 4.69) is 0 Å². The molecule has 11 rings (SSSR count). The van der Waals surface area contributed by atoms with Gasteiger partial charge in [0.2, 0.25) is 0 Å². The molecule has 11 aliphatic rings. The standard InChI is InChI=1S/2C12H20.2C9H16.C5H10/c2*1-3-9-7-11-5-2-6-12(11)8-10(9)4-1;2*1-2-5-9-7-3-6-8(9)4-1;1-2-4-5-3-1/h2*9-12H,1-8H2;2*8-9H,1-7H2;1-5H2. The molecule has 0 radical (unpaired) electrons. The molecule has 0 aromatic rings. The van der Waals surface area contributed by atoms with Crippen LogP contribution in [-0.4, -0.2) is 0 Å². The van der Waals surface area contributed by atoms with Crippen molar-refractivity contribution in [2.24, 2.45) is 71.0 Å². The molecular formula is C47H82. The lowest BCUT2D eigenvalue weighted by Crippen LogP contribution is -2.25. The third kappa shape index (κ3) is 9.87. The quantitative estimate of drug-likeness (QED) is 0.246. The summed E-state index contributed by atoms with van der Waals surface area (Å²) in [4.78, 5) is 0. The topological polar surface area (TPSA) is 0 Å². The van der Waals surface area contributed by atoms with Crippen molar-refractivity contribution in [3.63, 3.8) is 0 Å². The summed E-state index contributed by atoms with van der Waals surface area (Å²) in [5.41, 5.74) is 0. The normalized spacial score (nSPS) is 45.4. The van der Waals surface area contributed by atoms with Crippen LogP contribution in [0, 0.1) is 71.0 Å². The molecule has 270 valence electrons. The lowest BCUT2D eigenvalue weighted by molar-refractivity contribution is 0.157. The molecule has 0 spiro atoms. The van der Waals surface area contributed by atoms with Crippen LogP contribution in [0.4, 0.5) is 0 Å². The zero-order chi connectivity index (χ0) is 31.7. The molecule has 11 aliphatic carbocycles. The van der Waals surface area contributed by atoms with Crippen LogP contribution in [-0.2, 0) is 0 Å². The van der Waals surface area contributed by atoms with E-state index >= 15 is 0 Å². The Kier molecular flexibility index (Phi) is 13.9. The maximum atomic E-state index is 1.62. The minimum absolute atomic E-state index is 1.17. The molecule has 0 heteroatoms. The van der Waals surface area contributed by atoms with Crippen molar-refractivity contribution in [1.29, 1.82) is 0 Å². The fourth-order valence-electron chi connectivity index (χ4n) is 14.7. The number of hydrogen-bond acceptors (Lipinski definition) is 0. The van der Waals surface area contributed by atoms with Crippen LogP contribution in [0.25, 0.3) is 0 Å². The van der Waals surface area contributed by atoms with Gasteiger partial charge in [0.05, 0.1) is 0 Å². The Morgan fingerprint density at radius 2 is 0.277 bits per heavy atom. The van der Waals surface area contributed by atoms with E-state index in [4.69, 9.17) is 0 Å². The highest BCUT2D eigenvalue weighted by Gasteiger charge is 2.42. The summed E-state index contributed by atoms with van der Waals surface area (Å²) in [6.45, 7) is 0. The van der Waals surface area contributed by atoms with Crippen molar-refractivity contribution in [3.8, 4) is 0 Å². The van der Waals surface area contributed by atoms with Gasteiger partial charge in [-0.1, -0.05) is 199 Å². The minimum atomic E-state index is 1.17. The molecule has 0 aliphatic heterocycles. The van der Waals surface area contributed by atoms with E-state index < -0.39 is 0 Å². The van der Waals surface area contributed by atoms with Crippen LogP contribution in [0.2, 0.25) is 0 Å². The predicted molar refractivity (Wildman–Crippen MR) is 203 cm³/mol. The summed E-state index contributed by atoms with van der Waals surface area (Å²) in [5, 5.41) is 0. The molecule has 0 saturated heterocycles. The Labute approximate surface area is 294 Å². The molecule has 12 unspecified atom stereocenters. The van der Waals surface area contributed by atoms with Crippen molar-refractivity contribution in [1.82, 2.24) is 0 Å². The molecular weight excluding hydrogens is 565 g/mol. The van der Waals surface area contributed by atoms with E-state index in [1.165, 1.54) is 142 Å². The van der Waals surface area contributed by atoms with Crippen molar-refractivity contribution in [3.05, 3.63) is 0 Å². The third-order valence-electron chi connectivity index (χ3n) is 17.4. The molecule has 0 bridgehead atoms. The average Bonchev–Trinajstić information content (AvgIpc) is 3.97.